The van der Waals surface area contributed by atoms with Crippen LogP contribution in [0.25, 0.3) is 16.5 Å². The van der Waals surface area contributed by atoms with E-state index >= 15 is 0 Å². The number of rotatable bonds is 6. The number of benzene rings is 3. The Morgan fingerprint density at radius 1 is 0.968 bits per heavy atom. The Labute approximate surface area is 180 Å². The van der Waals surface area contributed by atoms with Crippen molar-refractivity contribution in [2.75, 3.05) is 27.4 Å². The summed E-state index contributed by atoms with van der Waals surface area (Å²) in [7, 11) is 3.09. The summed E-state index contributed by atoms with van der Waals surface area (Å²) in [5.41, 5.74) is 1.29. The van der Waals surface area contributed by atoms with Crippen LogP contribution in [0.3, 0.4) is 0 Å². The highest BCUT2D eigenvalue weighted by atomic mass is 16.5. The maximum atomic E-state index is 13.1. The van der Waals surface area contributed by atoms with E-state index in [1.807, 2.05) is 42.5 Å². The van der Waals surface area contributed by atoms with E-state index in [9.17, 15) is 14.7 Å². The van der Waals surface area contributed by atoms with Crippen molar-refractivity contribution in [2.45, 2.75) is 6.04 Å². The van der Waals surface area contributed by atoms with Gasteiger partial charge >= 0.3 is 0 Å². The summed E-state index contributed by atoms with van der Waals surface area (Å²) in [6.07, 6.45) is 0. The number of fused-ring (bicyclic) bond motifs is 1. The molecule has 31 heavy (non-hydrogen) atoms. The number of amides is 1. The Morgan fingerprint density at radius 3 is 2.39 bits per heavy atom. The minimum atomic E-state index is -0.719. The average molecular weight is 417 g/mol. The molecule has 1 N–H and O–H groups in total. The Bertz CT molecular complexity index is 1160. The minimum Gasteiger partial charge on any atom is -0.507 e. The summed E-state index contributed by atoms with van der Waals surface area (Å²) < 4.78 is 10.3. The van der Waals surface area contributed by atoms with E-state index in [-0.39, 0.29) is 24.5 Å². The van der Waals surface area contributed by atoms with Crippen LogP contribution in [0.2, 0.25) is 0 Å². The monoisotopic (exact) mass is 417 g/mol. The lowest BCUT2D eigenvalue weighted by atomic mass is 9.91. The van der Waals surface area contributed by atoms with Crippen LogP contribution >= 0.6 is 0 Å². The van der Waals surface area contributed by atoms with Gasteiger partial charge in [-0.05, 0) is 40.6 Å². The molecule has 3 aromatic carbocycles. The van der Waals surface area contributed by atoms with Gasteiger partial charge in [0, 0.05) is 19.2 Å². The summed E-state index contributed by atoms with van der Waals surface area (Å²) in [4.78, 5) is 27.5. The molecule has 1 saturated heterocycles. The van der Waals surface area contributed by atoms with Gasteiger partial charge in [0.1, 0.15) is 11.5 Å². The summed E-state index contributed by atoms with van der Waals surface area (Å²) >= 11 is 0. The summed E-state index contributed by atoms with van der Waals surface area (Å²) in [5.74, 6) is -0.936. The second kappa shape index (κ2) is 8.62. The van der Waals surface area contributed by atoms with Crippen LogP contribution in [0, 0.1) is 0 Å². The lowest BCUT2D eigenvalue weighted by Gasteiger charge is -2.26. The van der Waals surface area contributed by atoms with Crippen LogP contribution < -0.4 is 4.74 Å². The highest BCUT2D eigenvalue weighted by molar-refractivity contribution is 6.46. The van der Waals surface area contributed by atoms with Gasteiger partial charge in [-0.25, -0.2) is 0 Å². The SMILES string of the molecule is COCCN1C(=O)C(=O)/C(=C(/O)c2ccc(OC)cc2)[C@H]1c1cccc2ccccc12. The molecule has 0 aliphatic carbocycles. The molecule has 0 aromatic heterocycles. The molecule has 3 aromatic rings. The molecule has 0 radical (unpaired) electrons. The van der Waals surface area contributed by atoms with Crippen molar-refractivity contribution in [2.24, 2.45) is 0 Å². The number of ether oxygens (including phenoxy) is 2. The van der Waals surface area contributed by atoms with E-state index in [4.69, 9.17) is 9.47 Å². The summed E-state index contributed by atoms with van der Waals surface area (Å²) in [6, 6.07) is 19.5. The first-order valence-electron chi connectivity index (χ1n) is 9.96. The quantitative estimate of drug-likeness (QED) is 0.374. The smallest absolute Gasteiger partial charge is 0.295 e. The van der Waals surface area contributed by atoms with Crippen molar-refractivity contribution in [3.8, 4) is 5.75 Å². The average Bonchev–Trinajstić information content (AvgIpc) is 3.06. The number of ketones is 1. The Balaban J connectivity index is 1.92. The molecule has 1 aliphatic heterocycles. The first-order chi connectivity index (χ1) is 15.1. The van der Waals surface area contributed by atoms with E-state index < -0.39 is 17.7 Å². The number of carbonyl (C=O) groups excluding carboxylic acids is 2. The Kier molecular flexibility index (Phi) is 5.73. The number of aliphatic hydroxyl groups excluding tert-OH is 1. The Hall–Kier alpha value is -3.64. The molecule has 1 heterocycles. The third-order valence-electron chi connectivity index (χ3n) is 5.56. The van der Waals surface area contributed by atoms with E-state index in [0.29, 0.717) is 11.3 Å². The number of likely N-dealkylation sites (tertiary alicyclic amines) is 1. The highest BCUT2D eigenvalue weighted by Crippen LogP contribution is 2.41. The van der Waals surface area contributed by atoms with Crippen molar-refractivity contribution in [1.82, 2.24) is 4.90 Å². The predicted octanol–water partition coefficient (Wildman–Crippen LogP) is 3.92. The molecule has 1 amide bonds. The number of Topliss-reactive ketones (excluding diaryl/α,β-unsaturated/α-hetero) is 1. The van der Waals surface area contributed by atoms with Gasteiger partial charge in [-0.2, -0.15) is 0 Å². The number of methoxy groups -OCH3 is 2. The van der Waals surface area contributed by atoms with Gasteiger partial charge in [-0.3, -0.25) is 9.59 Å². The lowest BCUT2D eigenvalue weighted by Crippen LogP contribution is -2.32. The second-order valence-corrected chi connectivity index (χ2v) is 7.28. The zero-order chi connectivity index (χ0) is 22.0. The summed E-state index contributed by atoms with van der Waals surface area (Å²) in [6.45, 7) is 0.505. The van der Waals surface area contributed by atoms with Crippen LogP contribution in [0.15, 0.2) is 72.3 Å². The molecule has 6 nitrogen and oxygen atoms in total. The maximum absolute atomic E-state index is 13.1. The molecule has 6 heteroatoms. The Morgan fingerprint density at radius 2 is 1.68 bits per heavy atom. The predicted molar refractivity (Wildman–Crippen MR) is 118 cm³/mol. The van der Waals surface area contributed by atoms with Crippen LogP contribution in [0.1, 0.15) is 17.2 Å². The van der Waals surface area contributed by atoms with Gasteiger partial charge in [0.15, 0.2) is 0 Å². The van der Waals surface area contributed by atoms with E-state index in [1.165, 1.54) is 4.90 Å². The van der Waals surface area contributed by atoms with Crippen molar-refractivity contribution in [1.29, 1.82) is 0 Å². The minimum absolute atomic E-state index is 0.0719. The van der Waals surface area contributed by atoms with Crippen molar-refractivity contribution < 1.29 is 24.2 Å². The molecular formula is C25H23NO5. The number of carbonyl (C=O) groups is 2. The molecule has 158 valence electrons. The molecule has 4 rings (SSSR count). The maximum Gasteiger partial charge on any atom is 0.295 e. The lowest BCUT2D eigenvalue weighted by molar-refractivity contribution is -0.140. The topological polar surface area (TPSA) is 76.1 Å². The number of hydrogen-bond donors (Lipinski definition) is 1. The molecule has 1 atom stereocenters. The molecular weight excluding hydrogens is 394 g/mol. The fraction of sp³-hybridized carbons (Fsp3) is 0.200. The van der Waals surface area contributed by atoms with Crippen molar-refractivity contribution in [3.63, 3.8) is 0 Å². The first-order valence-corrected chi connectivity index (χ1v) is 9.96. The van der Waals surface area contributed by atoms with Crippen LogP contribution in [-0.2, 0) is 14.3 Å². The van der Waals surface area contributed by atoms with Gasteiger partial charge in [-0.15, -0.1) is 0 Å². The van der Waals surface area contributed by atoms with E-state index in [1.54, 1.807) is 38.5 Å². The standard InChI is InChI=1S/C25H23NO5/c1-30-15-14-26-22(20-9-5-7-16-6-3-4-8-19(16)20)21(24(28)25(26)29)23(27)17-10-12-18(31-2)13-11-17/h3-13,22,27H,14-15H2,1-2H3/b23-21+/t22-/m1/s1. The fourth-order valence-electron chi connectivity index (χ4n) is 4.02. The van der Waals surface area contributed by atoms with Gasteiger partial charge in [-0.1, -0.05) is 42.5 Å². The molecule has 1 fully saturated rings. The van der Waals surface area contributed by atoms with Crippen LogP contribution in [-0.4, -0.2) is 49.1 Å². The second-order valence-electron chi connectivity index (χ2n) is 7.28. The van der Waals surface area contributed by atoms with Gasteiger partial charge in [0.05, 0.1) is 25.3 Å². The van der Waals surface area contributed by atoms with E-state index in [2.05, 4.69) is 0 Å². The zero-order valence-corrected chi connectivity index (χ0v) is 17.4. The molecule has 1 aliphatic rings. The number of nitrogens with zero attached hydrogens (tertiary/aromatic N) is 1. The summed E-state index contributed by atoms with van der Waals surface area (Å²) in [5, 5.41) is 13.0. The number of aliphatic hydroxyl groups is 1. The fourth-order valence-corrected chi connectivity index (χ4v) is 4.02. The molecule has 0 unspecified atom stereocenters. The first kappa shape index (κ1) is 20.6. The van der Waals surface area contributed by atoms with Crippen molar-refractivity contribution in [3.05, 3.63) is 83.4 Å². The van der Waals surface area contributed by atoms with Crippen molar-refractivity contribution >= 4 is 28.2 Å². The highest BCUT2D eigenvalue weighted by Gasteiger charge is 2.46. The third kappa shape index (κ3) is 3.66. The number of hydrogen-bond acceptors (Lipinski definition) is 5. The molecule has 0 saturated carbocycles. The van der Waals surface area contributed by atoms with Crippen LogP contribution in [0.4, 0.5) is 0 Å². The largest absolute Gasteiger partial charge is 0.507 e. The molecule has 0 bridgehead atoms. The normalized spacial score (nSPS) is 18.0. The van der Waals surface area contributed by atoms with Crippen LogP contribution in [0.5, 0.6) is 5.75 Å². The zero-order valence-electron chi connectivity index (χ0n) is 17.4. The third-order valence-corrected chi connectivity index (χ3v) is 5.56. The van der Waals surface area contributed by atoms with Gasteiger partial charge in [0.2, 0.25) is 0 Å². The molecule has 0 spiro atoms. The van der Waals surface area contributed by atoms with Gasteiger partial charge < -0.3 is 19.5 Å². The van der Waals surface area contributed by atoms with Gasteiger partial charge in [0.25, 0.3) is 11.7 Å². The van der Waals surface area contributed by atoms with E-state index in [0.717, 1.165) is 16.3 Å².